The van der Waals surface area contributed by atoms with Crippen molar-refractivity contribution in [3.05, 3.63) is 87.2 Å². The average molecular weight is 490 g/mol. The fourth-order valence-electron chi connectivity index (χ4n) is 3.41. The zero-order chi connectivity index (χ0) is 20.9. The Bertz CT molecular complexity index is 984. The van der Waals surface area contributed by atoms with Gasteiger partial charge in [0.2, 0.25) is 0 Å². The summed E-state index contributed by atoms with van der Waals surface area (Å²) in [5.74, 6) is 1.65. The Labute approximate surface area is 189 Å². The molecule has 5 nitrogen and oxygen atoms in total. The van der Waals surface area contributed by atoms with E-state index in [1.165, 1.54) is 0 Å². The topological polar surface area (TPSA) is 45.9 Å². The van der Waals surface area contributed by atoms with Gasteiger partial charge in [0.05, 0.1) is 17.8 Å². The van der Waals surface area contributed by atoms with Crippen LogP contribution in [0, 0.1) is 0 Å². The Morgan fingerprint density at radius 3 is 2.50 bits per heavy atom. The zero-order valence-electron chi connectivity index (χ0n) is 16.4. The predicted octanol–water partition coefficient (Wildman–Crippen LogP) is 5.23. The molecule has 3 aromatic rings. The first-order valence-electron chi connectivity index (χ1n) is 9.79. The molecule has 0 unspecified atom stereocenters. The number of carbonyl (C=O) groups is 1. The van der Waals surface area contributed by atoms with E-state index in [2.05, 4.69) is 20.8 Å². The highest BCUT2D eigenvalue weighted by atomic mass is 79.9. The maximum absolute atomic E-state index is 12.8. The first-order valence-corrected chi connectivity index (χ1v) is 11.0. The molecule has 0 saturated carbocycles. The van der Waals surface area contributed by atoms with E-state index in [0.717, 1.165) is 35.4 Å². The van der Waals surface area contributed by atoms with E-state index < -0.39 is 0 Å². The smallest absolute Gasteiger partial charge is 0.253 e. The van der Waals surface area contributed by atoms with Crippen molar-refractivity contribution in [2.75, 3.05) is 26.2 Å². The SMILES string of the molecule is O=C(c1ccc(COc2ccc(Br)cc2Cl)cc1)N1CCN(Cc2ccco2)CC1. The minimum Gasteiger partial charge on any atom is -0.487 e. The number of halogens is 2. The van der Waals surface area contributed by atoms with Crippen LogP contribution in [0.4, 0.5) is 0 Å². The summed E-state index contributed by atoms with van der Waals surface area (Å²) >= 11 is 9.56. The van der Waals surface area contributed by atoms with E-state index >= 15 is 0 Å². The number of nitrogens with zero attached hydrogens (tertiary/aromatic N) is 2. The van der Waals surface area contributed by atoms with Gasteiger partial charge in [-0.3, -0.25) is 9.69 Å². The predicted molar refractivity (Wildman–Crippen MR) is 120 cm³/mol. The molecule has 2 heterocycles. The van der Waals surface area contributed by atoms with E-state index in [1.54, 1.807) is 12.3 Å². The van der Waals surface area contributed by atoms with E-state index in [1.807, 2.05) is 53.4 Å². The molecule has 156 valence electrons. The number of rotatable bonds is 6. The van der Waals surface area contributed by atoms with Gasteiger partial charge in [0.15, 0.2) is 0 Å². The lowest BCUT2D eigenvalue weighted by Gasteiger charge is -2.34. The van der Waals surface area contributed by atoms with Crippen LogP contribution in [0.1, 0.15) is 21.7 Å². The first kappa shape index (κ1) is 21.0. The normalized spacial score (nSPS) is 14.7. The molecule has 0 bridgehead atoms. The molecule has 0 radical (unpaired) electrons. The largest absolute Gasteiger partial charge is 0.487 e. The highest BCUT2D eigenvalue weighted by Gasteiger charge is 2.22. The molecular weight excluding hydrogens is 468 g/mol. The summed E-state index contributed by atoms with van der Waals surface area (Å²) in [4.78, 5) is 17.0. The van der Waals surface area contributed by atoms with Gasteiger partial charge in [-0.25, -0.2) is 0 Å². The molecule has 1 saturated heterocycles. The summed E-state index contributed by atoms with van der Waals surface area (Å²) in [7, 11) is 0. The van der Waals surface area contributed by atoms with Gasteiger partial charge in [0, 0.05) is 36.2 Å². The lowest BCUT2D eigenvalue weighted by molar-refractivity contribution is 0.0620. The van der Waals surface area contributed by atoms with Gasteiger partial charge in [0.1, 0.15) is 18.1 Å². The maximum atomic E-state index is 12.8. The summed E-state index contributed by atoms with van der Waals surface area (Å²) < 4.78 is 12.1. The average Bonchev–Trinajstić information content (AvgIpc) is 3.27. The second-order valence-corrected chi connectivity index (χ2v) is 8.53. The summed E-state index contributed by atoms with van der Waals surface area (Å²) in [6.45, 7) is 4.28. The molecule has 2 aromatic carbocycles. The molecule has 1 aromatic heterocycles. The highest BCUT2D eigenvalue weighted by molar-refractivity contribution is 9.10. The Morgan fingerprint density at radius 1 is 1.07 bits per heavy atom. The Morgan fingerprint density at radius 2 is 1.83 bits per heavy atom. The molecule has 4 rings (SSSR count). The van der Waals surface area contributed by atoms with Crippen molar-refractivity contribution in [2.45, 2.75) is 13.2 Å². The van der Waals surface area contributed by atoms with Crippen molar-refractivity contribution in [2.24, 2.45) is 0 Å². The van der Waals surface area contributed by atoms with Gasteiger partial charge in [-0.15, -0.1) is 0 Å². The lowest BCUT2D eigenvalue weighted by Crippen LogP contribution is -2.48. The molecular formula is C23H22BrClN2O3. The van der Waals surface area contributed by atoms with Crippen LogP contribution in [-0.4, -0.2) is 41.9 Å². The number of hydrogen-bond donors (Lipinski definition) is 0. The number of furan rings is 1. The number of amides is 1. The minimum atomic E-state index is 0.0658. The molecule has 0 N–H and O–H groups in total. The molecule has 0 atom stereocenters. The second-order valence-electron chi connectivity index (χ2n) is 7.21. The third-order valence-electron chi connectivity index (χ3n) is 5.11. The fourth-order valence-corrected chi connectivity index (χ4v) is 4.14. The third-order valence-corrected chi connectivity index (χ3v) is 5.90. The van der Waals surface area contributed by atoms with Crippen LogP contribution in [0.2, 0.25) is 5.02 Å². The Balaban J connectivity index is 1.29. The van der Waals surface area contributed by atoms with Gasteiger partial charge in [-0.05, 0) is 48.0 Å². The quantitative estimate of drug-likeness (QED) is 0.475. The fraction of sp³-hybridized carbons (Fsp3) is 0.261. The summed E-state index contributed by atoms with van der Waals surface area (Å²) in [5.41, 5.74) is 1.67. The van der Waals surface area contributed by atoms with E-state index in [4.69, 9.17) is 20.8 Å². The molecule has 1 amide bonds. The summed E-state index contributed by atoms with van der Waals surface area (Å²) in [6, 6.07) is 17.0. The molecule has 30 heavy (non-hydrogen) atoms. The molecule has 1 aliphatic heterocycles. The first-order chi connectivity index (χ1) is 14.6. The van der Waals surface area contributed by atoms with Crippen molar-refractivity contribution >= 4 is 33.4 Å². The molecule has 0 spiro atoms. The number of hydrogen-bond acceptors (Lipinski definition) is 4. The van der Waals surface area contributed by atoms with Crippen LogP contribution < -0.4 is 4.74 Å². The van der Waals surface area contributed by atoms with Crippen LogP contribution in [0.15, 0.2) is 69.8 Å². The van der Waals surface area contributed by atoms with Crippen LogP contribution in [0.25, 0.3) is 0 Å². The Kier molecular flexibility index (Phi) is 6.77. The van der Waals surface area contributed by atoms with Crippen LogP contribution in [-0.2, 0) is 13.2 Å². The maximum Gasteiger partial charge on any atom is 0.253 e. The van der Waals surface area contributed by atoms with Crippen LogP contribution >= 0.6 is 27.5 Å². The molecule has 1 aliphatic rings. The molecule has 7 heteroatoms. The van der Waals surface area contributed by atoms with Gasteiger partial charge >= 0.3 is 0 Å². The Hall–Kier alpha value is -2.28. The van der Waals surface area contributed by atoms with E-state index in [0.29, 0.717) is 36.0 Å². The van der Waals surface area contributed by atoms with Gasteiger partial charge < -0.3 is 14.1 Å². The van der Waals surface area contributed by atoms with E-state index in [-0.39, 0.29) is 5.91 Å². The summed E-state index contributed by atoms with van der Waals surface area (Å²) in [5, 5.41) is 0.558. The van der Waals surface area contributed by atoms with Crippen LogP contribution in [0.3, 0.4) is 0 Å². The highest BCUT2D eigenvalue weighted by Crippen LogP contribution is 2.28. The van der Waals surface area contributed by atoms with Crippen molar-refractivity contribution in [1.29, 1.82) is 0 Å². The van der Waals surface area contributed by atoms with Crippen molar-refractivity contribution in [1.82, 2.24) is 9.80 Å². The number of benzene rings is 2. The minimum absolute atomic E-state index is 0.0658. The van der Waals surface area contributed by atoms with Crippen molar-refractivity contribution in [3.63, 3.8) is 0 Å². The number of piperazine rings is 1. The second kappa shape index (κ2) is 9.69. The summed E-state index contributed by atoms with van der Waals surface area (Å²) in [6.07, 6.45) is 1.69. The van der Waals surface area contributed by atoms with Crippen molar-refractivity contribution < 1.29 is 13.9 Å². The van der Waals surface area contributed by atoms with Gasteiger partial charge in [0.25, 0.3) is 5.91 Å². The van der Waals surface area contributed by atoms with Crippen molar-refractivity contribution in [3.8, 4) is 5.75 Å². The lowest BCUT2D eigenvalue weighted by atomic mass is 10.1. The standard InChI is InChI=1S/C23H22BrClN2O3/c24-19-7-8-22(21(25)14-19)30-16-17-3-5-18(6-4-17)23(28)27-11-9-26(10-12-27)15-20-2-1-13-29-20/h1-8,13-14H,9-12,15-16H2. The zero-order valence-corrected chi connectivity index (χ0v) is 18.7. The van der Waals surface area contributed by atoms with E-state index in [9.17, 15) is 4.79 Å². The molecule has 1 fully saturated rings. The number of carbonyl (C=O) groups excluding carboxylic acids is 1. The van der Waals surface area contributed by atoms with Gasteiger partial charge in [-0.2, -0.15) is 0 Å². The monoisotopic (exact) mass is 488 g/mol. The third kappa shape index (κ3) is 5.25. The van der Waals surface area contributed by atoms with Gasteiger partial charge in [-0.1, -0.05) is 39.7 Å². The van der Waals surface area contributed by atoms with Crippen LogP contribution in [0.5, 0.6) is 5.75 Å². The molecule has 0 aliphatic carbocycles. The number of ether oxygens (including phenoxy) is 1.